The minimum Gasteiger partial charge on any atom is -0.465 e. The molecular formula is C19H18ClNO5S. The SMILES string of the molecule is COC(=O)c1ccc2c(c1Cl)/C(=N/OS(=O)(=O)c1ccc(C)cc1)CCC2. The molecule has 27 heavy (non-hydrogen) atoms. The first-order valence-corrected chi connectivity index (χ1v) is 10.1. The average Bonchev–Trinajstić information content (AvgIpc) is 2.66. The Morgan fingerprint density at radius 2 is 1.81 bits per heavy atom. The fourth-order valence-electron chi connectivity index (χ4n) is 2.91. The van der Waals surface area contributed by atoms with Crippen molar-refractivity contribution in [2.24, 2.45) is 5.16 Å². The smallest absolute Gasteiger partial charge is 0.358 e. The van der Waals surface area contributed by atoms with Crippen LogP contribution < -0.4 is 0 Å². The fourth-order valence-corrected chi connectivity index (χ4v) is 4.02. The molecule has 3 rings (SSSR count). The maximum Gasteiger partial charge on any atom is 0.358 e. The number of oxime groups is 1. The summed E-state index contributed by atoms with van der Waals surface area (Å²) in [7, 11) is -2.78. The minimum absolute atomic E-state index is 0.0166. The number of esters is 1. The van der Waals surface area contributed by atoms with Crippen LogP contribution in [0.4, 0.5) is 0 Å². The van der Waals surface area contributed by atoms with Gasteiger partial charge in [-0.2, -0.15) is 8.42 Å². The Bertz CT molecular complexity index is 1010. The van der Waals surface area contributed by atoms with E-state index >= 15 is 0 Å². The van der Waals surface area contributed by atoms with Crippen LogP contribution in [0, 0.1) is 6.92 Å². The number of fused-ring (bicyclic) bond motifs is 1. The van der Waals surface area contributed by atoms with Crippen LogP contribution in [0.15, 0.2) is 46.4 Å². The molecule has 0 fully saturated rings. The zero-order valence-corrected chi connectivity index (χ0v) is 16.4. The maximum absolute atomic E-state index is 12.4. The normalized spacial score (nSPS) is 15.3. The number of nitrogens with zero attached hydrogens (tertiary/aromatic N) is 1. The lowest BCUT2D eigenvalue weighted by molar-refractivity contribution is 0.0601. The molecule has 0 saturated heterocycles. The zero-order valence-electron chi connectivity index (χ0n) is 14.9. The predicted octanol–water partition coefficient (Wildman–Crippen LogP) is 3.88. The molecule has 0 aromatic heterocycles. The van der Waals surface area contributed by atoms with Crippen LogP contribution in [0.2, 0.25) is 5.02 Å². The van der Waals surface area contributed by atoms with E-state index in [1.54, 1.807) is 24.3 Å². The van der Waals surface area contributed by atoms with E-state index in [1.807, 2.05) is 6.92 Å². The van der Waals surface area contributed by atoms with E-state index < -0.39 is 16.1 Å². The Balaban J connectivity index is 1.97. The molecule has 0 spiro atoms. The Hall–Kier alpha value is -2.38. The fraction of sp³-hybridized carbons (Fsp3) is 0.263. The summed E-state index contributed by atoms with van der Waals surface area (Å²) in [5.74, 6) is -0.569. The monoisotopic (exact) mass is 407 g/mol. The summed E-state index contributed by atoms with van der Waals surface area (Å²) in [6.45, 7) is 1.86. The van der Waals surface area contributed by atoms with E-state index in [9.17, 15) is 13.2 Å². The molecule has 8 heteroatoms. The highest BCUT2D eigenvalue weighted by atomic mass is 35.5. The number of carbonyl (C=O) groups excluding carboxylic acids is 1. The Labute approximate surface area is 162 Å². The van der Waals surface area contributed by atoms with E-state index in [1.165, 1.54) is 19.2 Å². The summed E-state index contributed by atoms with van der Waals surface area (Å²) in [5.41, 5.74) is 2.94. The van der Waals surface area contributed by atoms with Crippen molar-refractivity contribution < 1.29 is 22.2 Å². The minimum atomic E-state index is -4.05. The van der Waals surface area contributed by atoms with Crippen LogP contribution in [0.1, 0.15) is 39.9 Å². The second kappa shape index (κ2) is 7.70. The molecule has 6 nitrogen and oxygen atoms in total. The molecule has 2 aromatic rings. The van der Waals surface area contributed by atoms with Gasteiger partial charge in [0.05, 0.1) is 23.4 Å². The van der Waals surface area contributed by atoms with Gasteiger partial charge in [0.25, 0.3) is 0 Å². The van der Waals surface area contributed by atoms with Gasteiger partial charge in [0, 0.05) is 5.56 Å². The number of rotatable bonds is 4. The highest BCUT2D eigenvalue weighted by Crippen LogP contribution is 2.32. The van der Waals surface area contributed by atoms with Crippen molar-refractivity contribution in [1.29, 1.82) is 0 Å². The zero-order chi connectivity index (χ0) is 19.6. The van der Waals surface area contributed by atoms with Gasteiger partial charge in [-0.3, -0.25) is 4.28 Å². The van der Waals surface area contributed by atoms with E-state index in [-0.39, 0.29) is 15.5 Å². The maximum atomic E-state index is 12.4. The highest BCUT2D eigenvalue weighted by molar-refractivity contribution is 7.86. The molecule has 0 saturated carbocycles. The number of benzene rings is 2. The molecule has 0 radical (unpaired) electrons. The van der Waals surface area contributed by atoms with E-state index in [0.717, 1.165) is 24.0 Å². The third-order valence-electron chi connectivity index (χ3n) is 4.34. The topological polar surface area (TPSA) is 82.0 Å². The first-order valence-electron chi connectivity index (χ1n) is 8.30. The molecule has 1 aliphatic rings. The van der Waals surface area contributed by atoms with Gasteiger partial charge >= 0.3 is 16.1 Å². The molecule has 0 amide bonds. The van der Waals surface area contributed by atoms with Crippen molar-refractivity contribution in [2.75, 3.05) is 7.11 Å². The number of methoxy groups -OCH3 is 1. The Morgan fingerprint density at radius 1 is 1.11 bits per heavy atom. The molecule has 0 heterocycles. The number of hydrogen-bond donors (Lipinski definition) is 0. The summed E-state index contributed by atoms with van der Waals surface area (Å²) in [4.78, 5) is 11.9. The highest BCUT2D eigenvalue weighted by Gasteiger charge is 2.25. The van der Waals surface area contributed by atoms with E-state index in [2.05, 4.69) is 5.16 Å². The van der Waals surface area contributed by atoms with Crippen LogP contribution >= 0.6 is 11.6 Å². The quantitative estimate of drug-likeness (QED) is 0.567. The second-order valence-corrected chi connectivity index (χ2v) is 8.09. The molecule has 0 N–H and O–H groups in total. The van der Waals surface area contributed by atoms with Gasteiger partial charge in [0.1, 0.15) is 4.90 Å². The second-order valence-electron chi connectivity index (χ2n) is 6.19. The summed E-state index contributed by atoms with van der Waals surface area (Å²) in [6.07, 6.45) is 2.01. The van der Waals surface area contributed by atoms with Gasteiger partial charge in [-0.05, 0) is 49.9 Å². The van der Waals surface area contributed by atoms with Gasteiger partial charge in [-0.15, -0.1) is 0 Å². The summed E-state index contributed by atoms with van der Waals surface area (Å²) in [6, 6.07) is 9.65. The lowest BCUT2D eigenvalue weighted by Gasteiger charge is -2.20. The average molecular weight is 408 g/mol. The van der Waals surface area contributed by atoms with Crippen molar-refractivity contribution >= 4 is 33.4 Å². The lowest BCUT2D eigenvalue weighted by Crippen LogP contribution is -2.16. The molecular weight excluding hydrogens is 390 g/mol. The van der Waals surface area contributed by atoms with Crippen LogP contribution in [0.3, 0.4) is 0 Å². The Morgan fingerprint density at radius 3 is 2.48 bits per heavy atom. The van der Waals surface area contributed by atoms with Gasteiger partial charge in [0.15, 0.2) is 0 Å². The van der Waals surface area contributed by atoms with Crippen molar-refractivity contribution in [3.63, 3.8) is 0 Å². The number of ether oxygens (including phenoxy) is 1. The lowest BCUT2D eigenvalue weighted by atomic mass is 9.88. The standard InChI is InChI=1S/C19H18ClNO5S/c1-12-6-9-14(10-7-12)27(23,24)26-21-16-5-3-4-13-8-11-15(19(22)25-2)18(20)17(13)16/h6-11H,3-5H2,1-2H3/b21-16+. The van der Waals surface area contributed by atoms with Crippen LogP contribution in [-0.2, 0) is 25.6 Å². The molecule has 0 bridgehead atoms. The first kappa shape index (κ1) is 19.4. The summed E-state index contributed by atoms with van der Waals surface area (Å²) in [5, 5.41) is 4.06. The van der Waals surface area contributed by atoms with Crippen LogP contribution in [-0.4, -0.2) is 27.2 Å². The van der Waals surface area contributed by atoms with Gasteiger partial charge in [0.2, 0.25) is 0 Å². The van der Waals surface area contributed by atoms with Crippen molar-refractivity contribution in [3.8, 4) is 0 Å². The van der Waals surface area contributed by atoms with Crippen molar-refractivity contribution in [1.82, 2.24) is 0 Å². The third kappa shape index (κ3) is 3.99. The molecule has 0 atom stereocenters. The van der Waals surface area contributed by atoms with Gasteiger partial charge in [-0.25, -0.2) is 4.79 Å². The number of carbonyl (C=O) groups is 1. The Kier molecular flexibility index (Phi) is 5.53. The summed E-state index contributed by atoms with van der Waals surface area (Å²) < 4.78 is 34.4. The molecule has 1 aliphatic carbocycles. The largest absolute Gasteiger partial charge is 0.465 e. The molecule has 0 aliphatic heterocycles. The molecule has 0 unspecified atom stereocenters. The number of aryl methyl sites for hydroxylation is 2. The molecule has 2 aromatic carbocycles. The first-order chi connectivity index (χ1) is 12.8. The molecule has 142 valence electrons. The van der Waals surface area contributed by atoms with Crippen molar-refractivity contribution in [2.45, 2.75) is 31.1 Å². The van der Waals surface area contributed by atoms with E-state index in [0.29, 0.717) is 17.7 Å². The van der Waals surface area contributed by atoms with Crippen LogP contribution in [0.5, 0.6) is 0 Å². The van der Waals surface area contributed by atoms with Crippen molar-refractivity contribution in [3.05, 3.63) is 63.7 Å². The van der Waals surface area contributed by atoms with E-state index in [4.69, 9.17) is 20.6 Å². The third-order valence-corrected chi connectivity index (χ3v) is 5.85. The van der Waals surface area contributed by atoms with Crippen LogP contribution in [0.25, 0.3) is 0 Å². The predicted molar refractivity (Wildman–Crippen MR) is 102 cm³/mol. The summed E-state index contributed by atoms with van der Waals surface area (Å²) >= 11 is 6.39. The number of halogens is 1. The van der Waals surface area contributed by atoms with Gasteiger partial charge < -0.3 is 4.74 Å². The van der Waals surface area contributed by atoms with Gasteiger partial charge in [-0.1, -0.05) is 40.5 Å². The number of hydrogen-bond acceptors (Lipinski definition) is 6.